The number of aliphatic hydroxyl groups is 1. The summed E-state index contributed by atoms with van der Waals surface area (Å²) in [6, 6.07) is 11.2. The number of aliphatic imine (C=N–C) groups is 1. The molecule has 1 aliphatic heterocycles. The summed E-state index contributed by atoms with van der Waals surface area (Å²) in [6.45, 7) is 7.98. The second-order valence-electron chi connectivity index (χ2n) is 13.5. The molecule has 1 aliphatic carbocycles. The lowest BCUT2D eigenvalue weighted by atomic mass is 9.85. The molecule has 0 spiro atoms. The first-order chi connectivity index (χ1) is 24.1. The maximum atomic E-state index is 13.5. The zero-order chi connectivity index (χ0) is 35.3. The Bertz CT molecular complexity index is 1850. The minimum absolute atomic E-state index is 0.0298. The average Bonchev–Trinajstić information content (AvgIpc) is 3.85. The van der Waals surface area contributed by atoms with Gasteiger partial charge in [-0.1, -0.05) is 45.0 Å². The maximum absolute atomic E-state index is 13.5. The molecule has 4 aromatic rings. The first-order valence-electron chi connectivity index (χ1n) is 16.9. The summed E-state index contributed by atoms with van der Waals surface area (Å²) in [7, 11) is 0. The van der Waals surface area contributed by atoms with Crippen LogP contribution in [0.25, 0.3) is 5.65 Å². The number of aliphatic hydroxyl groups excluding tert-OH is 1. The van der Waals surface area contributed by atoms with Crippen LogP contribution in [0.1, 0.15) is 69.7 Å². The molecule has 2 amide bonds. The normalized spacial score (nSPS) is 19.9. The third-order valence-corrected chi connectivity index (χ3v) is 9.41. The summed E-state index contributed by atoms with van der Waals surface area (Å²) in [5.41, 5.74) is 9.95. The van der Waals surface area contributed by atoms with E-state index in [4.69, 9.17) is 14.7 Å². The number of hydrogen-bond acceptors (Lipinski definition) is 11. The summed E-state index contributed by atoms with van der Waals surface area (Å²) in [6.07, 6.45) is 12.0. The predicted molar refractivity (Wildman–Crippen MR) is 194 cm³/mol. The summed E-state index contributed by atoms with van der Waals surface area (Å²) in [5.74, 6) is 1.70. The lowest BCUT2D eigenvalue weighted by Crippen LogP contribution is -2.42. The van der Waals surface area contributed by atoms with Crippen molar-refractivity contribution in [3.8, 4) is 5.75 Å². The fraction of sp³-hybridized carbons (Fsp3) is 0.457. The Balaban J connectivity index is 1.17. The molecule has 50 heavy (non-hydrogen) atoms. The number of nitrogens with zero attached hydrogens (tertiary/aromatic N) is 7. The molecule has 14 nitrogen and oxygen atoms in total. The van der Waals surface area contributed by atoms with E-state index in [0.29, 0.717) is 60.6 Å². The van der Waals surface area contributed by atoms with E-state index in [0.717, 1.165) is 30.5 Å². The Morgan fingerprint density at radius 1 is 1.14 bits per heavy atom. The highest BCUT2D eigenvalue weighted by Gasteiger charge is 2.31. The first kappa shape index (κ1) is 35.2. The van der Waals surface area contributed by atoms with E-state index in [1.807, 2.05) is 74.0 Å². The summed E-state index contributed by atoms with van der Waals surface area (Å²) < 4.78 is 15.6. The van der Waals surface area contributed by atoms with Gasteiger partial charge < -0.3 is 30.0 Å². The van der Waals surface area contributed by atoms with Gasteiger partial charge in [0.2, 0.25) is 5.95 Å². The van der Waals surface area contributed by atoms with E-state index in [1.54, 1.807) is 23.2 Å². The van der Waals surface area contributed by atoms with Gasteiger partial charge >= 0.3 is 6.03 Å². The lowest BCUT2D eigenvalue weighted by molar-refractivity contribution is 0.171. The number of ether oxygens (including phenoxy) is 1. The van der Waals surface area contributed by atoms with Gasteiger partial charge in [-0.15, -0.1) is 10.2 Å². The van der Waals surface area contributed by atoms with Gasteiger partial charge in [-0.3, -0.25) is 14.4 Å². The average molecular weight is 703 g/mol. The van der Waals surface area contributed by atoms with Gasteiger partial charge in [-0.05, 0) is 61.0 Å². The number of nitrogens with one attached hydrogen (secondary N) is 2. The topological polar surface area (TPSA) is 169 Å². The van der Waals surface area contributed by atoms with Crippen LogP contribution >= 0.6 is 12.0 Å². The molecule has 0 saturated carbocycles. The van der Waals surface area contributed by atoms with Crippen molar-refractivity contribution in [2.75, 3.05) is 30.9 Å². The van der Waals surface area contributed by atoms with Crippen molar-refractivity contribution in [2.24, 2.45) is 16.1 Å². The molecule has 0 radical (unpaired) electrons. The molecule has 2 unspecified atom stereocenters. The van der Waals surface area contributed by atoms with Gasteiger partial charge in [0.25, 0.3) is 0 Å². The van der Waals surface area contributed by atoms with E-state index >= 15 is 0 Å². The van der Waals surface area contributed by atoms with Crippen LogP contribution in [0.15, 0.2) is 71.8 Å². The molecular weight excluding hydrogens is 657 g/mol. The molecule has 4 heterocycles. The summed E-state index contributed by atoms with van der Waals surface area (Å²) >= 11 is 1.31. The minimum Gasteiger partial charge on any atom is -0.484 e. The number of fused-ring (bicyclic) bond motifs is 2. The van der Waals surface area contributed by atoms with Crippen LogP contribution in [0, 0.1) is 5.41 Å². The molecule has 1 aromatic carbocycles. The number of urea groups is 1. The van der Waals surface area contributed by atoms with Crippen LogP contribution in [0.3, 0.4) is 0 Å². The van der Waals surface area contributed by atoms with Crippen molar-refractivity contribution in [1.29, 1.82) is 0 Å². The largest absolute Gasteiger partial charge is 0.484 e. The van der Waals surface area contributed by atoms with Gasteiger partial charge in [0.15, 0.2) is 5.65 Å². The molecule has 0 bridgehead atoms. The molecule has 266 valence electrons. The molecule has 3 aromatic heterocycles. The highest BCUT2D eigenvalue weighted by atomic mass is 32.2. The maximum Gasteiger partial charge on any atom is 0.320 e. The van der Waals surface area contributed by atoms with Gasteiger partial charge in [-0.25, -0.2) is 9.79 Å². The molecule has 5 N–H and O–H groups in total. The standard InChI is InChI=1S/C35H46N10O4S/c1-35(2,3)30(36)18-31(38-23-19-37-43(20-23)16-17-48-50-4)40-33(47)39-28-12-13-29(27-10-6-5-9-26(27)28)49-25-11-14-32-41-42-34(45(32)21-25)44-15-7-8-24(44)22-46/h5-6,9-11,14,18-21,24,28-29,46H,7-8,12-13,15-17,22,36H2,1-4H3,(H2,38,39,40,47)/t24?,28?,29-/m1/s1. The van der Waals surface area contributed by atoms with Crippen molar-refractivity contribution < 1.29 is 18.8 Å². The quantitative estimate of drug-likeness (QED) is 0.0718. The van der Waals surface area contributed by atoms with Crippen LogP contribution in [-0.4, -0.2) is 73.4 Å². The highest BCUT2D eigenvalue weighted by Crippen LogP contribution is 2.39. The van der Waals surface area contributed by atoms with E-state index in [-0.39, 0.29) is 30.2 Å². The number of amides is 2. The second kappa shape index (κ2) is 15.5. The fourth-order valence-electron chi connectivity index (χ4n) is 6.26. The lowest BCUT2D eigenvalue weighted by Gasteiger charge is -2.32. The number of anilines is 1. The zero-order valence-corrected chi connectivity index (χ0v) is 29.8. The first-order valence-corrected chi connectivity index (χ1v) is 18.1. The van der Waals surface area contributed by atoms with Crippen LogP contribution < -0.4 is 26.0 Å². The number of nitrogens with two attached hydrogens (primary N) is 1. The van der Waals surface area contributed by atoms with Crippen molar-refractivity contribution in [1.82, 2.24) is 35.0 Å². The molecule has 2 aliphatic rings. The Labute approximate surface area is 296 Å². The Morgan fingerprint density at radius 3 is 2.74 bits per heavy atom. The fourth-order valence-corrected chi connectivity index (χ4v) is 6.50. The summed E-state index contributed by atoms with van der Waals surface area (Å²) in [5, 5.41) is 29.1. The monoisotopic (exact) mass is 702 g/mol. The van der Waals surface area contributed by atoms with Crippen molar-refractivity contribution in [3.05, 3.63) is 77.9 Å². The Hall–Kier alpha value is -4.60. The highest BCUT2D eigenvalue weighted by molar-refractivity contribution is 7.93. The van der Waals surface area contributed by atoms with Crippen molar-refractivity contribution in [2.45, 2.75) is 71.2 Å². The minimum atomic E-state index is -0.393. The summed E-state index contributed by atoms with van der Waals surface area (Å²) in [4.78, 5) is 20.3. The van der Waals surface area contributed by atoms with Gasteiger partial charge in [-0.2, -0.15) is 5.10 Å². The number of hydrogen-bond donors (Lipinski definition) is 4. The molecular formula is C35H46N10O4S. The van der Waals surface area contributed by atoms with E-state index < -0.39 is 6.03 Å². The molecule has 1 fully saturated rings. The van der Waals surface area contributed by atoms with Crippen LogP contribution in [0.2, 0.25) is 0 Å². The molecule has 15 heteroatoms. The number of carbonyl (C=O) groups is 1. The zero-order valence-electron chi connectivity index (χ0n) is 29.0. The van der Waals surface area contributed by atoms with Crippen molar-refractivity contribution in [3.63, 3.8) is 0 Å². The second-order valence-corrected chi connectivity index (χ2v) is 14.1. The number of amidine groups is 1. The molecule has 3 atom stereocenters. The number of benzene rings is 1. The van der Waals surface area contributed by atoms with E-state index in [2.05, 4.69) is 35.8 Å². The third kappa shape index (κ3) is 8.22. The van der Waals surface area contributed by atoms with Gasteiger partial charge in [0.1, 0.15) is 23.4 Å². The van der Waals surface area contributed by atoms with Gasteiger partial charge in [0, 0.05) is 30.0 Å². The molecule has 6 rings (SSSR count). The van der Waals surface area contributed by atoms with E-state index in [9.17, 15) is 9.90 Å². The number of pyridine rings is 1. The van der Waals surface area contributed by atoms with Gasteiger partial charge in [0.05, 0.1) is 50.4 Å². The number of carbonyl (C=O) groups excluding carboxylic acids is 1. The smallest absolute Gasteiger partial charge is 0.320 e. The third-order valence-electron chi connectivity index (χ3n) is 9.01. The molecule has 1 saturated heterocycles. The Kier molecular flexibility index (Phi) is 10.9. The Morgan fingerprint density at radius 2 is 1.96 bits per heavy atom. The number of rotatable bonds is 11. The van der Waals surface area contributed by atoms with Crippen LogP contribution in [0.5, 0.6) is 5.75 Å². The van der Waals surface area contributed by atoms with Crippen molar-refractivity contribution >= 4 is 41.2 Å². The predicted octanol–water partition coefficient (Wildman–Crippen LogP) is 5.05. The SMILES string of the molecule is CSOCCn1cc(N=C(C=C(N)C(C)(C)C)NC(=O)NC2CC[C@@H](Oc3ccc4nnc(N5CCCC5CO)n4c3)c3ccccc32)cn1. The number of allylic oxidation sites excluding steroid dienone is 1. The number of aromatic nitrogens is 5. The van der Waals surface area contributed by atoms with Crippen LogP contribution in [0.4, 0.5) is 16.4 Å². The van der Waals surface area contributed by atoms with E-state index in [1.165, 1.54) is 12.0 Å². The van der Waals surface area contributed by atoms with Crippen LogP contribution in [-0.2, 0) is 10.7 Å².